The van der Waals surface area contributed by atoms with Gasteiger partial charge in [0, 0.05) is 37.7 Å². The largest absolute Gasteiger partial charge is 0.329 e. The number of hydrogen-bond donors (Lipinski definition) is 2. The van der Waals surface area contributed by atoms with Crippen molar-refractivity contribution in [1.82, 2.24) is 20.4 Å². The number of nitrogens with zero attached hydrogens (tertiary/aromatic N) is 2. The Morgan fingerprint density at radius 1 is 0.897 bits per heavy atom. The third-order valence-electron chi connectivity index (χ3n) is 5.46. The summed E-state index contributed by atoms with van der Waals surface area (Å²) in [5.41, 5.74) is 1.16. The molecule has 0 aliphatic carbocycles. The number of urea groups is 1. The maximum atomic E-state index is 12.5. The van der Waals surface area contributed by atoms with Gasteiger partial charge in [0.15, 0.2) is 0 Å². The Labute approximate surface area is 178 Å². The van der Waals surface area contributed by atoms with Gasteiger partial charge in [0.1, 0.15) is 5.70 Å². The molecule has 2 N–H and O–H groups in total. The van der Waals surface area contributed by atoms with Gasteiger partial charge >= 0.3 is 6.03 Å². The first-order valence-corrected chi connectivity index (χ1v) is 11.0. The number of carbonyl (C=O) groups is 2. The Morgan fingerprint density at radius 3 is 2.21 bits per heavy atom. The van der Waals surface area contributed by atoms with Crippen molar-refractivity contribution in [3.05, 3.63) is 40.5 Å². The number of amides is 3. The zero-order valence-electron chi connectivity index (χ0n) is 17.0. The lowest BCUT2D eigenvalue weighted by molar-refractivity contribution is -0.122. The Bertz CT molecular complexity index is 714. The van der Waals surface area contributed by atoms with Gasteiger partial charge in [-0.05, 0) is 43.2 Å². The molecule has 29 heavy (non-hydrogen) atoms. The number of hydrogen-bond acceptors (Lipinski definition) is 4. The van der Waals surface area contributed by atoms with Crippen LogP contribution in [0.3, 0.4) is 0 Å². The summed E-state index contributed by atoms with van der Waals surface area (Å²) in [7, 11) is 0. The van der Waals surface area contributed by atoms with Crippen LogP contribution in [0.5, 0.6) is 0 Å². The van der Waals surface area contributed by atoms with Gasteiger partial charge in [-0.3, -0.25) is 9.69 Å². The minimum atomic E-state index is -0.328. The first kappa shape index (κ1) is 21.8. The van der Waals surface area contributed by atoms with Crippen molar-refractivity contribution in [3.8, 4) is 0 Å². The van der Waals surface area contributed by atoms with Crippen molar-refractivity contribution in [2.24, 2.45) is 0 Å². The minimum absolute atomic E-state index is 0.249. The van der Waals surface area contributed by atoms with Crippen molar-refractivity contribution in [3.63, 3.8) is 0 Å². The summed E-state index contributed by atoms with van der Waals surface area (Å²) < 4.78 is 0. The van der Waals surface area contributed by atoms with E-state index in [0.29, 0.717) is 17.3 Å². The van der Waals surface area contributed by atoms with Crippen LogP contribution in [0.1, 0.15) is 44.1 Å². The van der Waals surface area contributed by atoms with E-state index in [1.54, 1.807) is 18.2 Å². The SMILES string of the molecule is O=C1N/C(=C/c2ccc(Cl)cc2)C(=O)N1CCCCCCCCN1CCNCC1. The van der Waals surface area contributed by atoms with Crippen molar-refractivity contribution < 1.29 is 9.59 Å². The highest BCUT2D eigenvalue weighted by atomic mass is 35.5. The fourth-order valence-corrected chi connectivity index (χ4v) is 3.87. The summed E-state index contributed by atoms with van der Waals surface area (Å²) in [4.78, 5) is 28.4. The van der Waals surface area contributed by atoms with E-state index < -0.39 is 0 Å². The molecule has 2 aliphatic heterocycles. The smallest absolute Gasteiger partial charge is 0.314 e. The van der Waals surface area contributed by atoms with Crippen molar-refractivity contribution >= 4 is 29.6 Å². The predicted octanol–water partition coefficient (Wildman–Crippen LogP) is 3.48. The van der Waals surface area contributed by atoms with Gasteiger partial charge < -0.3 is 15.5 Å². The van der Waals surface area contributed by atoms with E-state index in [1.165, 1.54) is 43.8 Å². The van der Waals surface area contributed by atoms with Crippen LogP contribution in [0, 0.1) is 0 Å². The van der Waals surface area contributed by atoms with Gasteiger partial charge in [0.2, 0.25) is 0 Å². The summed E-state index contributed by atoms with van der Waals surface area (Å²) in [6, 6.07) is 6.83. The maximum Gasteiger partial charge on any atom is 0.329 e. The van der Waals surface area contributed by atoms with Crippen LogP contribution in [0.4, 0.5) is 4.79 Å². The Hall–Kier alpha value is -1.89. The molecule has 0 atom stereocenters. The van der Waals surface area contributed by atoms with Crippen molar-refractivity contribution in [2.45, 2.75) is 38.5 Å². The fraction of sp³-hybridized carbons (Fsp3) is 0.545. The van der Waals surface area contributed by atoms with Gasteiger partial charge in [-0.25, -0.2) is 4.79 Å². The molecule has 7 heteroatoms. The second-order valence-corrected chi connectivity index (χ2v) is 8.15. The lowest BCUT2D eigenvalue weighted by atomic mass is 10.1. The molecule has 0 spiro atoms. The summed E-state index contributed by atoms with van der Waals surface area (Å²) in [5, 5.41) is 6.69. The monoisotopic (exact) mass is 418 g/mol. The predicted molar refractivity (Wildman–Crippen MR) is 117 cm³/mol. The van der Waals surface area contributed by atoms with E-state index in [1.807, 2.05) is 12.1 Å². The third kappa shape index (κ3) is 6.84. The Kier molecular flexibility index (Phi) is 8.52. The average Bonchev–Trinajstić information content (AvgIpc) is 2.99. The van der Waals surface area contributed by atoms with Crippen molar-refractivity contribution in [2.75, 3.05) is 39.3 Å². The second kappa shape index (κ2) is 11.3. The zero-order chi connectivity index (χ0) is 20.5. The van der Waals surface area contributed by atoms with Gasteiger partial charge in [0.25, 0.3) is 5.91 Å². The summed E-state index contributed by atoms with van der Waals surface area (Å²) in [6.07, 6.45) is 8.46. The molecule has 3 amide bonds. The Morgan fingerprint density at radius 2 is 1.52 bits per heavy atom. The average molecular weight is 419 g/mol. The van der Waals surface area contributed by atoms with Crippen LogP contribution in [-0.2, 0) is 4.79 Å². The number of nitrogens with one attached hydrogen (secondary N) is 2. The van der Waals surface area contributed by atoms with Gasteiger partial charge in [0.05, 0.1) is 0 Å². The molecule has 0 aromatic heterocycles. The van der Waals surface area contributed by atoms with E-state index >= 15 is 0 Å². The third-order valence-corrected chi connectivity index (χ3v) is 5.71. The number of benzene rings is 1. The van der Waals surface area contributed by atoms with E-state index in [9.17, 15) is 9.59 Å². The van der Waals surface area contributed by atoms with Gasteiger partial charge in [-0.15, -0.1) is 0 Å². The highest BCUT2D eigenvalue weighted by molar-refractivity contribution is 6.30. The maximum absolute atomic E-state index is 12.5. The highest BCUT2D eigenvalue weighted by Crippen LogP contribution is 2.17. The zero-order valence-corrected chi connectivity index (χ0v) is 17.7. The number of piperazine rings is 1. The number of halogens is 1. The lowest BCUT2D eigenvalue weighted by Gasteiger charge is -2.27. The van der Waals surface area contributed by atoms with Crippen LogP contribution in [0.2, 0.25) is 5.02 Å². The van der Waals surface area contributed by atoms with E-state index in [0.717, 1.165) is 37.9 Å². The normalized spacial score (nSPS) is 19.2. The Balaban J connectivity index is 1.30. The molecule has 1 aromatic carbocycles. The second-order valence-electron chi connectivity index (χ2n) is 7.71. The lowest BCUT2D eigenvalue weighted by Crippen LogP contribution is -2.43. The molecular formula is C22H31ClN4O2. The fourth-order valence-electron chi connectivity index (χ4n) is 3.75. The molecule has 1 aromatic rings. The molecule has 0 saturated carbocycles. The van der Waals surface area contributed by atoms with Gasteiger partial charge in [-0.1, -0.05) is 49.4 Å². The van der Waals surface area contributed by atoms with Gasteiger partial charge in [-0.2, -0.15) is 0 Å². The molecule has 6 nitrogen and oxygen atoms in total. The summed E-state index contributed by atoms with van der Waals surface area (Å²) in [6.45, 7) is 6.23. The minimum Gasteiger partial charge on any atom is -0.314 e. The number of unbranched alkanes of at least 4 members (excludes halogenated alkanes) is 5. The molecule has 0 unspecified atom stereocenters. The number of carbonyl (C=O) groups excluding carboxylic acids is 2. The van der Waals surface area contributed by atoms with Crippen LogP contribution >= 0.6 is 11.6 Å². The first-order chi connectivity index (χ1) is 14.1. The summed E-state index contributed by atoms with van der Waals surface area (Å²) >= 11 is 5.88. The topological polar surface area (TPSA) is 64.7 Å². The van der Waals surface area contributed by atoms with Crippen LogP contribution in [0.25, 0.3) is 6.08 Å². The standard InChI is InChI=1S/C22H31ClN4O2/c23-19-9-7-18(8-10-19)17-20-21(28)27(22(29)25-20)14-6-4-2-1-3-5-13-26-15-11-24-12-16-26/h7-10,17,24H,1-6,11-16H2,(H,25,29)/b20-17+. The summed E-state index contributed by atoms with van der Waals surface area (Å²) in [5.74, 6) is -0.249. The molecule has 2 fully saturated rings. The number of rotatable bonds is 10. The van der Waals surface area contributed by atoms with Crippen molar-refractivity contribution in [1.29, 1.82) is 0 Å². The molecular weight excluding hydrogens is 388 g/mol. The molecule has 158 valence electrons. The molecule has 3 rings (SSSR count). The molecule has 2 saturated heterocycles. The first-order valence-electron chi connectivity index (χ1n) is 10.7. The number of imide groups is 1. The molecule has 2 aliphatic rings. The highest BCUT2D eigenvalue weighted by Gasteiger charge is 2.32. The van der Waals surface area contributed by atoms with E-state index in [4.69, 9.17) is 11.6 Å². The van der Waals surface area contributed by atoms with Crippen LogP contribution in [-0.4, -0.2) is 61.0 Å². The molecule has 0 bridgehead atoms. The quantitative estimate of drug-likeness (QED) is 0.347. The van der Waals surface area contributed by atoms with Crippen LogP contribution in [0.15, 0.2) is 30.0 Å². The van der Waals surface area contributed by atoms with E-state index in [2.05, 4.69) is 15.5 Å². The molecule has 0 radical (unpaired) electrons. The molecule has 2 heterocycles. The van der Waals surface area contributed by atoms with E-state index in [-0.39, 0.29) is 11.9 Å². The van der Waals surface area contributed by atoms with Crippen LogP contribution < -0.4 is 10.6 Å².